The molecule has 0 aliphatic heterocycles. The second-order valence-electron chi connectivity index (χ2n) is 5.49. The Balaban J connectivity index is 1.83. The van der Waals surface area contributed by atoms with Gasteiger partial charge in [-0.3, -0.25) is 4.79 Å². The first-order valence-electron chi connectivity index (χ1n) is 7.75. The van der Waals surface area contributed by atoms with Crippen molar-refractivity contribution in [2.24, 2.45) is 0 Å². The van der Waals surface area contributed by atoms with Crippen molar-refractivity contribution in [2.75, 3.05) is 10.6 Å². The van der Waals surface area contributed by atoms with Crippen LogP contribution in [0.3, 0.4) is 0 Å². The monoisotopic (exact) mass is 414 g/mol. The first kappa shape index (κ1) is 17.5. The van der Waals surface area contributed by atoms with Gasteiger partial charge in [0.1, 0.15) is 6.04 Å². The fourth-order valence-electron chi connectivity index (χ4n) is 2.41. The predicted molar refractivity (Wildman–Crippen MR) is 107 cm³/mol. The van der Waals surface area contributed by atoms with Gasteiger partial charge in [0.15, 0.2) is 0 Å². The Bertz CT molecular complexity index is 836. The van der Waals surface area contributed by atoms with Gasteiger partial charge in [-0.2, -0.15) is 0 Å². The molecule has 1 amide bonds. The Kier molecular flexibility index (Phi) is 5.74. The number of halogens is 2. The Hall–Kier alpha value is -2.30. The van der Waals surface area contributed by atoms with E-state index in [2.05, 4.69) is 26.6 Å². The summed E-state index contributed by atoms with van der Waals surface area (Å²) >= 11 is 9.33. The number of hydrogen-bond acceptors (Lipinski definition) is 2. The van der Waals surface area contributed by atoms with Crippen LogP contribution in [-0.2, 0) is 4.79 Å². The number of hydrogen-bond donors (Lipinski definition) is 2. The molecule has 3 aromatic rings. The van der Waals surface area contributed by atoms with Gasteiger partial charge in [-0.1, -0.05) is 57.9 Å². The van der Waals surface area contributed by atoms with Crippen LogP contribution in [0.5, 0.6) is 0 Å². The largest absolute Gasteiger partial charge is 0.370 e. The van der Waals surface area contributed by atoms with Crippen molar-refractivity contribution in [3.63, 3.8) is 0 Å². The van der Waals surface area contributed by atoms with E-state index < -0.39 is 6.04 Å². The summed E-state index contributed by atoms with van der Waals surface area (Å²) in [5, 5.41) is 6.88. The molecule has 0 radical (unpaired) electrons. The summed E-state index contributed by atoms with van der Waals surface area (Å²) in [7, 11) is 0. The molecule has 0 heterocycles. The van der Waals surface area contributed by atoms with Gasteiger partial charge in [0.25, 0.3) is 5.91 Å². The summed E-state index contributed by atoms with van der Waals surface area (Å²) in [5.74, 6) is -0.136. The molecular formula is C20H16BrClN2O. The zero-order chi connectivity index (χ0) is 17.6. The lowest BCUT2D eigenvalue weighted by atomic mass is 10.1. The summed E-state index contributed by atoms with van der Waals surface area (Å²) in [6, 6.07) is 23.9. The van der Waals surface area contributed by atoms with E-state index in [9.17, 15) is 4.79 Å². The average molecular weight is 416 g/mol. The molecule has 1 atom stereocenters. The van der Waals surface area contributed by atoms with E-state index in [0.29, 0.717) is 5.02 Å². The average Bonchev–Trinajstić information content (AvgIpc) is 2.64. The summed E-state index contributed by atoms with van der Waals surface area (Å²) in [6.45, 7) is 0. The van der Waals surface area contributed by atoms with E-state index in [1.165, 1.54) is 0 Å². The third-order valence-corrected chi connectivity index (χ3v) is 4.44. The third kappa shape index (κ3) is 4.84. The highest BCUT2D eigenvalue weighted by molar-refractivity contribution is 9.10. The second kappa shape index (κ2) is 8.19. The fraction of sp³-hybridized carbons (Fsp3) is 0.0500. The third-order valence-electron chi connectivity index (χ3n) is 3.66. The van der Waals surface area contributed by atoms with Gasteiger partial charge >= 0.3 is 0 Å². The minimum atomic E-state index is -0.522. The maximum atomic E-state index is 12.9. The highest BCUT2D eigenvalue weighted by Gasteiger charge is 2.20. The van der Waals surface area contributed by atoms with Crippen LogP contribution < -0.4 is 10.6 Å². The maximum Gasteiger partial charge on any atom is 0.251 e. The zero-order valence-corrected chi connectivity index (χ0v) is 15.6. The number of amides is 1. The van der Waals surface area contributed by atoms with Gasteiger partial charge in [-0.25, -0.2) is 0 Å². The van der Waals surface area contributed by atoms with Crippen LogP contribution in [0, 0.1) is 0 Å². The molecule has 2 N–H and O–H groups in total. The minimum Gasteiger partial charge on any atom is -0.370 e. The highest BCUT2D eigenvalue weighted by atomic mass is 79.9. The molecule has 3 rings (SSSR count). The number of benzene rings is 3. The molecule has 3 nitrogen and oxygen atoms in total. The summed E-state index contributed by atoms with van der Waals surface area (Å²) in [6.07, 6.45) is 0. The molecule has 5 heteroatoms. The Morgan fingerprint density at radius 2 is 1.44 bits per heavy atom. The molecule has 0 fully saturated rings. The lowest BCUT2D eigenvalue weighted by Crippen LogP contribution is -2.27. The molecule has 0 aliphatic carbocycles. The van der Waals surface area contributed by atoms with Crippen LogP contribution in [0.2, 0.25) is 5.02 Å². The van der Waals surface area contributed by atoms with E-state index >= 15 is 0 Å². The Morgan fingerprint density at radius 3 is 2.08 bits per heavy atom. The van der Waals surface area contributed by atoms with Crippen LogP contribution in [0.25, 0.3) is 0 Å². The number of carbonyl (C=O) groups is 1. The van der Waals surface area contributed by atoms with Crippen molar-refractivity contribution in [1.29, 1.82) is 0 Å². The topological polar surface area (TPSA) is 41.1 Å². The normalized spacial score (nSPS) is 11.6. The number of anilines is 2. The van der Waals surface area contributed by atoms with Gasteiger partial charge in [-0.15, -0.1) is 0 Å². The first-order chi connectivity index (χ1) is 12.1. The van der Waals surface area contributed by atoms with Crippen molar-refractivity contribution in [1.82, 2.24) is 0 Å². The van der Waals surface area contributed by atoms with E-state index in [0.717, 1.165) is 21.4 Å². The molecule has 126 valence electrons. The van der Waals surface area contributed by atoms with Gasteiger partial charge in [-0.05, 0) is 54.1 Å². The quantitative estimate of drug-likeness (QED) is 0.545. The molecule has 0 saturated carbocycles. The first-order valence-corrected chi connectivity index (χ1v) is 8.92. The van der Waals surface area contributed by atoms with Crippen LogP contribution in [0.15, 0.2) is 83.3 Å². The van der Waals surface area contributed by atoms with Gasteiger partial charge in [0, 0.05) is 20.9 Å². The molecule has 0 spiro atoms. The lowest BCUT2D eigenvalue weighted by molar-refractivity contribution is -0.117. The summed E-state index contributed by atoms with van der Waals surface area (Å²) < 4.78 is 0.962. The molecule has 1 unspecified atom stereocenters. The van der Waals surface area contributed by atoms with Gasteiger partial charge in [0.05, 0.1) is 0 Å². The van der Waals surface area contributed by atoms with Crippen LogP contribution in [0.1, 0.15) is 11.6 Å². The number of nitrogens with one attached hydrogen (secondary N) is 2. The van der Waals surface area contributed by atoms with E-state index in [1.807, 2.05) is 66.7 Å². The predicted octanol–water partition coefficient (Wildman–Crippen LogP) is 5.89. The minimum absolute atomic E-state index is 0.136. The fourth-order valence-corrected chi connectivity index (χ4v) is 2.80. The van der Waals surface area contributed by atoms with E-state index in [4.69, 9.17) is 11.6 Å². The van der Waals surface area contributed by atoms with Crippen molar-refractivity contribution < 1.29 is 4.79 Å². The van der Waals surface area contributed by atoms with Crippen molar-refractivity contribution in [3.8, 4) is 0 Å². The lowest BCUT2D eigenvalue weighted by Gasteiger charge is -2.20. The smallest absolute Gasteiger partial charge is 0.251 e. The van der Waals surface area contributed by atoms with Gasteiger partial charge < -0.3 is 10.6 Å². The molecule has 0 saturated heterocycles. The van der Waals surface area contributed by atoms with E-state index in [1.54, 1.807) is 12.1 Å². The number of carbonyl (C=O) groups excluding carboxylic acids is 1. The van der Waals surface area contributed by atoms with Crippen LogP contribution in [0.4, 0.5) is 11.4 Å². The van der Waals surface area contributed by atoms with Crippen LogP contribution >= 0.6 is 27.5 Å². The van der Waals surface area contributed by atoms with Crippen molar-refractivity contribution in [3.05, 3.63) is 93.9 Å². The van der Waals surface area contributed by atoms with E-state index in [-0.39, 0.29) is 5.91 Å². The van der Waals surface area contributed by atoms with Crippen molar-refractivity contribution >= 4 is 44.8 Å². The molecule has 0 bridgehead atoms. The molecule has 3 aromatic carbocycles. The summed E-state index contributed by atoms with van der Waals surface area (Å²) in [4.78, 5) is 12.9. The molecule has 0 aliphatic rings. The summed E-state index contributed by atoms with van der Waals surface area (Å²) in [5.41, 5.74) is 2.45. The van der Waals surface area contributed by atoms with Gasteiger partial charge in [0.2, 0.25) is 0 Å². The molecule has 25 heavy (non-hydrogen) atoms. The van der Waals surface area contributed by atoms with Crippen LogP contribution in [-0.4, -0.2) is 5.91 Å². The zero-order valence-electron chi connectivity index (χ0n) is 13.2. The molecular weight excluding hydrogens is 400 g/mol. The highest BCUT2D eigenvalue weighted by Crippen LogP contribution is 2.23. The molecule has 0 aromatic heterocycles. The number of rotatable bonds is 5. The van der Waals surface area contributed by atoms with Crippen molar-refractivity contribution in [2.45, 2.75) is 6.04 Å². The Labute approximate surface area is 160 Å². The standard InChI is InChI=1S/C20H16BrClN2O/c21-15-6-10-18(11-7-15)24-20(25)19(14-4-2-1-3-5-14)23-17-12-8-16(22)9-13-17/h1-13,19,23H,(H,24,25). The second-order valence-corrected chi connectivity index (χ2v) is 6.84. The SMILES string of the molecule is O=C(Nc1ccc(Br)cc1)C(Nc1ccc(Cl)cc1)c1ccccc1. The Morgan fingerprint density at radius 1 is 0.840 bits per heavy atom. The maximum absolute atomic E-state index is 12.9.